The fourth-order valence-electron chi connectivity index (χ4n) is 4.62. The van der Waals surface area contributed by atoms with Crippen LogP contribution in [0.1, 0.15) is 53.0 Å². The number of carbonyl (C=O) groups excluding carboxylic acids is 2. The second kappa shape index (κ2) is 12.1. The lowest BCUT2D eigenvalue weighted by atomic mass is 9.89. The van der Waals surface area contributed by atoms with Crippen LogP contribution in [0.5, 0.6) is 0 Å². The van der Waals surface area contributed by atoms with Gasteiger partial charge >= 0.3 is 0 Å². The zero-order valence-corrected chi connectivity index (χ0v) is 21.7. The number of amides is 2. The minimum atomic E-state index is -0.263. The molecule has 1 aliphatic heterocycles. The summed E-state index contributed by atoms with van der Waals surface area (Å²) in [6, 6.07) is 23.1. The molecule has 188 valence electrons. The van der Waals surface area contributed by atoms with Gasteiger partial charge in [-0.2, -0.15) is 0 Å². The highest BCUT2D eigenvalue weighted by atomic mass is 35.5. The highest BCUT2D eigenvalue weighted by Gasteiger charge is 2.24. The number of hydrogen-bond donors (Lipinski definition) is 2. The normalized spacial score (nSPS) is 14.1. The fraction of sp³-hybridized carbons (Fsp3) is 0.333. The Hall–Kier alpha value is -3.31. The van der Waals surface area contributed by atoms with Crippen molar-refractivity contribution in [3.63, 3.8) is 0 Å². The topological polar surface area (TPSA) is 61.4 Å². The Morgan fingerprint density at radius 3 is 2.39 bits per heavy atom. The van der Waals surface area contributed by atoms with Crippen LogP contribution in [0.25, 0.3) is 0 Å². The fourth-order valence-corrected chi connectivity index (χ4v) is 4.81. The van der Waals surface area contributed by atoms with Gasteiger partial charge in [0.15, 0.2) is 0 Å². The van der Waals surface area contributed by atoms with Crippen molar-refractivity contribution in [2.45, 2.75) is 33.1 Å². The number of nitrogens with one attached hydrogen (secondary N) is 2. The molecule has 2 N–H and O–H groups in total. The minimum Gasteiger partial charge on any atom is -0.371 e. The summed E-state index contributed by atoms with van der Waals surface area (Å²) in [5, 5.41) is 6.46. The number of carbonyl (C=O) groups is 2. The third-order valence-corrected chi connectivity index (χ3v) is 6.81. The van der Waals surface area contributed by atoms with Gasteiger partial charge in [0.25, 0.3) is 11.8 Å². The molecule has 0 unspecified atom stereocenters. The Morgan fingerprint density at radius 2 is 1.69 bits per heavy atom. The van der Waals surface area contributed by atoms with Crippen molar-refractivity contribution in [2.24, 2.45) is 11.8 Å². The van der Waals surface area contributed by atoms with E-state index in [-0.39, 0.29) is 11.8 Å². The van der Waals surface area contributed by atoms with Gasteiger partial charge in [0, 0.05) is 41.6 Å². The lowest BCUT2D eigenvalue weighted by molar-refractivity contribution is 0.0948. The minimum absolute atomic E-state index is 0.121. The van der Waals surface area contributed by atoms with Crippen LogP contribution in [0.3, 0.4) is 0 Å². The van der Waals surface area contributed by atoms with Crippen molar-refractivity contribution in [3.8, 4) is 0 Å². The third kappa shape index (κ3) is 6.88. The average molecular weight is 504 g/mol. The Kier molecular flexibility index (Phi) is 8.65. The van der Waals surface area contributed by atoms with Crippen LogP contribution in [-0.2, 0) is 6.42 Å². The molecule has 0 aliphatic carbocycles. The predicted octanol–water partition coefficient (Wildman–Crippen LogP) is 6.44. The largest absolute Gasteiger partial charge is 0.371 e. The van der Waals surface area contributed by atoms with Gasteiger partial charge in [-0.25, -0.2) is 0 Å². The van der Waals surface area contributed by atoms with Crippen molar-refractivity contribution in [1.82, 2.24) is 5.32 Å². The summed E-state index contributed by atoms with van der Waals surface area (Å²) in [5.74, 6) is 0.597. The number of hydrogen-bond acceptors (Lipinski definition) is 3. The van der Waals surface area contributed by atoms with Gasteiger partial charge in [-0.05, 0) is 73.1 Å². The molecule has 0 saturated carbocycles. The van der Waals surface area contributed by atoms with E-state index in [9.17, 15) is 9.59 Å². The van der Waals surface area contributed by atoms with Gasteiger partial charge in [-0.3, -0.25) is 9.59 Å². The van der Waals surface area contributed by atoms with E-state index >= 15 is 0 Å². The maximum atomic E-state index is 13.2. The molecular formula is C30H34ClN3O2. The molecule has 0 spiro atoms. The zero-order valence-electron chi connectivity index (χ0n) is 21.0. The van der Waals surface area contributed by atoms with Gasteiger partial charge in [-0.15, -0.1) is 0 Å². The first-order valence-electron chi connectivity index (χ1n) is 12.7. The van der Waals surface area contributed by atoms with Crippen molar-refractivity contribution in [1.29, 1.82) is 0 Å². The lowest BCUT2D eigenvalue weighted by Crippen LogP contribution is -2.36. The van der Waals surface area contributed by atoms with E-state index in [0.29, 0.717) is 40.2 Å². The summed E-state index contributed by atoms with van der Waals surface area (Å²) >= 11 is 6.04. The molecule has 5 nitrogen and oxygen atoms in total. The molecular weight excluding hydrogens is 470 g/mol. The van der Waals surface area contributed by atoms with Gasteiger partial charge in [0.1, 0.15) is 0 Å². The molecule has 0 radical (unpaired) electrons. The molecule has 0 aromatic heterocycles. The molecule has 0 atom stereocenters. The molecule has 0 bridgehead atoms. The molecule has 3 aromatic rings. The molecule has 1 saturated heterocycles. The maximum Gasteiger partial charge on any atom is 0.255 e. The highest BCUT2D eigenvalue weighted by molar-refractivity contribution is 6.31. The lowest BCUT2D eigenvalue weighted by Gasteiger charge is -2.35. The van der Waals surface area contributed by atoms with Crippen LogP contribution < -0.4 is 15.5 Å². The molecule has 1 aliphatic rings. The molecule has 1 fully saturated rings. The summed E-state index contributed by atoms with van der Waals surface area (Å²) in [4.78, 5) is 28.3. The first kappa shape index (κ1) is 25.8. The Morgan fingerprint density at radius 1 is 0.944 bits per heavy atom. The first-order chi connectivity index (χ1) is 17.4. The van der Waals surface area contributed by atoms with E-state index in [1.165, 1.54) is 5.56 Å². The second-order valence-corrected chi connectivity index (χ2v) is 10.4. The van der Waals surface area contributed by atoms with E-state index < -0.39 is 0 Å². The van der Waals surface area contributed by atoms with Crippen LogP contribution in [0, 0.1) is 11.8 Å². The van der Waals surface area contributed by atoms with Gasteiger partial charge in [0.2, 0.25) is 0 Å². The van der Waals surface area contributed by atoms with E-state index in [1.807, 2.05) is 12.1 Å². The molecule has 6 heteroatoms. The first-order valence-corrected chi connectivity index (χ1v) is 13.0. The van der Waals surface area contributed by atoms with Gasteiger partial charge in [-0.1, -0.05) is 61.8 Å². The average Bonchev–Trinajstić information content (AvgIpc) is 2.88. The quantitative estimate of drug-likeness (QED) is 0.372. The zero-order chi connectivity index (χ0) is 25.5. The number of anilines is 2. The standard InChI is InChI=1S/C30H34ClN3O2/c1-21(2)20-32-30(36)27-19-26(33-29(35)24-9-6-10-25(31)18-24)11-12-28(27)34-15-13-23(14-16-34)17-22-7-4-3-5-8-22/h3-12,18-19,21,23H,13-17,20H2,1-2H3,(H,32,36)(H,33,35). The number of piperidine rings is 1. The monoisotopic (exact) mass is 503 g/mol. The van der Waals surface area contributed by atoms with Crippen molar-refractivity contribution >= 4 is 34.8 Å². The van der Waals surface area contributed by atoms with E-state index in [4.69, 9.17) is 11.6 Å². The van der Waals surface area contributed by atoms with Crippen LogP contribution >= 0.6 is 11.6 Å². The van der Waals surface area contributed by atoms with Crippen LogP contribution in [0.4, 0.5) is 11.4 Å². The molecule has 36 heavy (non-hydrogen) atoms. The summed E-state index contributed by atoms with van der Waals surface area (Å²) in [6.45, 7) is 6.53. The number of nitrogens with zero attached hydrogens (tertiary/aromatic N) is 1. The molecule has 4 rings (SSSR count). The summed E-state index contributed by atoms with van der Waals surface area (Å²) in [5.41, 5.74) is 3.93. The third-order valence-electron chi connectivity index (χ3n) is 6.58. The molecule has 1 heterocycles. The predicted molar refractivity (Wildman–Crippen MR) is 148 cm³/mol. The van der Waals surface area contributed by atoms with Crippen molar-refractivity contribution < 1.29 is 9.59 Å². The van der Waals surface area contributed by atoms with E-state index in [2.05, 4.69) is 59.7 Å². The Bertz CT molecular complexity index is 1190. The molecule has 3 aromatic carbocycles. The van der Waals surface area contributed by atoms with Crippen molar-refractivity contribution in [2.75, 3.05) is 29.9 Å². The SMILES string of the molecule is CC(C)CNC(=O)c1cc(NC(=O)c2cccc(Cl)c2)ccc1N1CCC(Cc2ccccc2)CC1. The van der Waals surface area contributed by atoms with Crippen LogP contribution in [0.2, 0.25) is 5.02 Å². The van der Waals surface area contributed by atoms with E-state index in [0.717, 1.165) is 38.0 Å². The Balaban J connectivity index is 1.50. The maximum absolute atomic E-state index is 13.2. The van der Waals surface area contributed by atoms with Crippen molar-refractivity contribution in [3.05, 3.63) is 94.5 Å². The summed E-state index contributed by atoms with van der Waals surface area (Å²) in [6.07, 6.45) is 3.25. The Labute approximate surface area is 218 Å². The molecule has 2 amide bonds. The van der Waals surface area contributed by atoms with Gasteiger partial charge < -0.3 is 15.5 Å². The number of rotatable bonds is 8. The highest BCUT2D eigenvalue weighted by Crippen LogP contribution is 2.30. The summed E-state index contributed by atoms with van der Waals surface area (Å²) in [7, 11) is 0. The smallest absolute Gasteiger partial charge is 0.255 e. The van der Waals surface area contributed by atoms with Gasteiger partial charge in [0.05, 0.1) is 5.56 Å². The van der Waals surface area contributed by atoms with Crippen LogP contribution in [-0.4, -0.2) is 31.4 Å². The summed E-state index contributed by atoms with van der Waals surface area (Å²) < 4.78 is 0. The number of halogens is 1. The van der Waals surface area contributed by atoms with E-state index in [1.54, 1.807) is 30.3 Å². The second-order valence-electron chi connectivity index (χ2n) is 9.92. The number of benzene rings is 3. The van der Waals surface area contributed by atoms with Crippen LogP contribution in [0.15, 0.2) is 72.8 Å².